The number of anilines is 6. The fraction of sp³-hybridized carbons (Fsp3) is 0.170. The number of nitrogens with zero attached hydrogens (tertiary/aromatic N) is 4. The summed E-state index contributed by atoms with van der Waals surface area (Å²) in [7, 11) is 0. The van der Waals surface area contributed by atoms with Crippen molar-refractivity contribution in [1.82, 2.24) is 0 Å². The first-order chi connectivity index (χ1) is 30.0. The topological polar surface area (TPSA) is 34.6 Å². The van der Waals surface area contributed by atoms with Gasteiger partial charge in [-0.3, -0.25) is 0 Å². The second-order valence-corrected chi connectivity index (χ2v) is 17.3. The summed E-state index contributed by atoms with van der Waals surface area (Å²) in [6.45, 7) is 16.6. The first kappa shape index (κ1) is 39.8. The molecule has 0 unspecified atom stereocenters. The van der Waals surface area contributed by atoms with Crippen molar-refractivity contribution >= 4 is 39.8 Å². The van der Waals surface area contributed by atoms with Crippen LogP contribution in [0, 0.1) is 17.9 Å². The number of para-hydroxylation sites is 2. The number of alkyl halides is 6. The number of fused-ring (bicyclic) bond motifs is 7. The van der Waals surface area contributed by atoms with E-state index in [1.54, 1.807) is 72.8 Å². The van der Waals surface area contributed by atoms with Crippen LogP contribution < -0.4 is 9.80 Å². The van der Waals surface area contributed by atoms with E-state index >= 15 is 26.3 Å². The third-order valence-corrected chi connectivity index (χ3v) is 13.2. The zero-order chi connectivity index (χ0) is 44.4. The Balaban J connectivity index is 1.32. The highest BCUT2D eigenvalue weighted by Gasteiger charge is 2.81. The van der Waals surface area contributed by atoms with Gasteiger partial charge in [0.15, 0.2) is 0 Å². The number of nitriles is 1. The lowest BCUT2D eigenvalue weighted by Gasteiger charge is -2.35. The number of hydrogen-bond donors (Lipinski definition) is 0. The second kappa shape index (κ2) is 13.3. The minimum atomic E-state index is -5.99. The number of hydrogen-bond acceptors (Lipinski definition) is 3. The Morgan fingerprint density at radius 2 is 0.857 bits per heavy atom. The summed E-state index contributed by atoms with van der Waals surface area (Å²) in [4.78, 5) is 5.94. The van der Waals surface area contributed by atoms with Crippen LogP contribution in [0.2, 0.25) is 0 Å². The molecular weight excluding hydrogens is 807 g/mol. The summed E-state index contributed by atoms with van der Waals surface area (Å²) in [6, 6.07) is 43.2. The largest absolute Gasteiger partial charge is 0.380 e. The maximum absolute atomic E-state index is 17.2. The van der Waals surface area contributed by atoms with Crippen LogP contribution in [0.15, 0.2) is 146 Å². The van der Waals surface area contributed by atoms with Crippen LogP contribution in [-0.2, 0) is 22.7 Å². The zero-order valence-electron chi connectivity index (χ0n) is 34.4. The molecule has 0 N–H and O–H groups in total. The quantitative estimate of drug-likeness (QED) is 0.124. The molecule has 0 amide bonds. The third-order valence-electron chi connectivity index (χ3n) is 13.2. The molecule has 63 heavy (non-hydrogen) atoms. The minimum Gasteiger partial charge on any atom is -0.320 e. The van der Waals surface area contributed by atoms with E-state index in [2.05, 4.69) is 4.85 Å². The molecule has 0 bridgehead atoms. The van der Waals surface area contributed by atoms with Crippen molar-refractivity contribution in [2.45, 2.75) is 56.3 Å². The molecule has 310 valence electrons. The summed E-state index contributed by atoms with van der Waals surface area (Å²) in [5, 5.41) is 11.2. The minimum absolute atomic E-state index is 0.114. The van der Waals surface area contributed by atoms with Gasteiger partial charge in [-0.15, -0.1) is 0 Å². The monoisotopic (exact) mass is 842 g/mol. The van der Waals surface area contributed by atoms with Crippen molar-refractivity contribution in [3.63, 3.8) is 0 Å². The molecule has 4 nitrogen and oxygen atoms in total. The van der Waals surface area contributed by atoms with Gasteiger partial charge in [-0.25, -0.2) is 4.85 Å². The molecule has 0 fully saturated rings. The molecule has 0 aliphatic heterocycles. The lowest BCUT2D eigenvalue weighted by Crippen LogP contribution is -2.43. The van der Waals surface area contributed by atoms with Gasteiger partial charge in [-0.1, -0.05) is 125 Å². The van der Waals surface area contributed by atoms with Crippen LogP contribution >= 0.6 is 0 Å². The third kappa shape index (κ3) is 5.21. The summed E-state index contributed by atoms with van der Waals surface area (Å²) in [5.41, 5.74) is -0.544. The standard InChI is InChI=1S/C53H36F6N4/c1-49(2)40-22-14-12-20-35(40)37-26-24-33(28-42(37)49)62(31-16-8-6-9-17-31)47-39(30-60)46(61-5)48(45-44(47)51(54,55)53(58,59)52(45,56)57)63(32-18-10-7-11-19-32)34-25-27-38-36-21-13-15-23-41(36)50(3,4)43(38)29-34/h6-29H,1-4H3. The molecular formula is C53H36F6N4. The predicted molar refractivity (Wildman–Crippen MR) is 235 cm³/mol. The molecule has 0 aromatic heterocycles. The Kier molecular flexibility index (Phi) is 8.44. The Hall–Kier alpha value is -7.30. The van der Waals surface area contributed by atoms with Gasteiger partial charge in [0, 0.05) is 33.6 Å². The molecule has 3 aliphatic carbocycles. The molecule has 0 heterocycles. The van der Waals surface area contributed by atoms with Gasteiger partial charge in [0.05, 0.1) is 40.7 Å². The first-order valence-corrected chi connectivity index (χ1v) is 20.3. The molecule has 0 saturated carbocycles. The number of rotatable bonds is 6. The number of halogens is 6. The highest BCUT2D eigenvalue weighted by atomic mass is 19.3. The van der Waals surface area contributed by atoms with Crippen molar-refractivity contribution in [3.8, 4) is 28.3 Å². The highest BCUT2D eigenvalue weighted by Crippen LogP contribution is 2.70. The predicted octanol–water partition coefficient (Wildman–Crippen LogP) is 15.5. The van der Waals surface area contributed by atoms with E-state index < -0.39 is 62.4 Å². The van der Waals surface area contributed by atoms with E-state index in [0.29, 0.717) is 0 Å². The molecule has 10 rings (SSSR count). The Bertz CT molecular complexity index is 2930. The van der Waals surface area contributed by atoms with Crippen molar-refractivity contribution in [2.24, 2.45) is 0 Å². The van der Waals surface area contributed by atoms with Crippen LogP contribution in [0.4, 0.5) is 66.2 Å². The summed E-state index contributed by atoms with van der Waals surface area (Å²) < 4.78 is 101. The van der Waals surface area contributed by atoms with Gasteiger partial charge in [-0.2, -0.15) is 31.6 Å². The van der Waals surface area contributed by atoms with E-state index in [1.165, 1.54) is 24.3 Å². The number of benzene rings is 7. The maximum Gasteiger partial charge on any atom is 0.380 e. The molecule has 10 heteroatoms. The van der Waals surface area contributed by atoms with Crippen molar-refractivity contribution < 1.29 is 26.3 Å². The highest BCUT2D eigenvalue weighted by molar-refractivity contribution is 6.00. The van der Waals surface area contributed by atoms with Gasteiger partial charge in [0.25, 0.3) is 0 Å². The van der Waals surface area contributed by atoms with Crippen LogP contribution in [-0.4, -0.2) is 5.92 Å². The SMILES string of the molecule is [C-]#[N+]c1c(C#N)c(N(c2ccccc2)c2ccc3c(c2)C(C)(C)c2ccccc2-3)c2c(c1N(c1ccccc1)c1ccc3c(c1)C(C)(C)c1ccccc1-3)C(F)(F)C(F)(F)C2(F)F. The average molecular weight is 843 g/mol. The first-order valence-electron chi connectivity index (χ1n) is 20.3. The van der Waals surface area contributed by atoms with Gasteiger partial charge in [-0.05, 0) is 93.0 Å². The van der Waals surface area contributed by atoms with Gasteiger partial charge in [0.1, 0.15) is 0 Å². The summed E-state index contributed by atoms with van der Waals surface area (Å²) in [6.07, 6.45) is 0. The Labute approximate surface area is 360 Å². The van der Waals surface area contributed by atoms with E-state index in [1.807, 2.05) is 82.3 Å². The lowest BCUT2D eigenvalue weighted by atomic mass is 9.82. The lowest BCUT2D eigenvalue weighted by molar-refractivity contribution is -0.302. The van der Waals surface area contributed by atoms with Gasteiger partial charge < -0.3 is 9.80 Å². The molecule has 3 aliphatic rings. The van der Waals surface area contributed by atoms with E-state index in [-0.39, 0.29) is 22.7 Å². The molecule has 7 aromatic carbocycles. The van der Waals surface area contributed by atoms with Crippen molar-refractivity contribution in [2.75, 3.05) is 9.80 Å². The summed E-state index contributed by atoms with van der Waals surface area (Å²) >= 11 is 0. The van der Waals surface area contributed by atoms with Crippen molar-refractivity contribution in [1.29, 1.82) is 5.26 Å². The zero-order valence-corrected chi connectivity index (χ0v) is 34.4. The Morgan fingerprint density at radius 3 is 1.29 bits per heavy atom. The van der Waals surface area contributed by atoms with Crippen LogP contribution in [0.3, 0.4) is 0 Å². The van der Waals surface area contributed by atoms with Crippen LogP contribution in [0.25, 0.3) is 27.1 Å². The van der Waals surface area contributed by atoms with Gasteiger partial charge in [0.2, 0.25) is 5.69 Å². The van der Waals surface area contributed by atoms with Gasteiger partial charge >= 0.3 is 17.8 Å². The summed E-state index contributed by atoms with van der Waals surface area (Å²) in [5.74, 6) is -17.1. The Morgan fingerprint density at radius 1 is 0.476 bits per heavy atom. The van der Waals surface area contributed by atoms with Crippen molar-refractivity contribution in [3.05, 3.63) is 196 Å². The normalized spacial score (nSPS) is 17.0. The fourth-order valence-electron chi connectivity index (χ4n) is 10.1. The molecule has 0 saturated heterocycles. The smallest absolute Gasteiger partial charge is 0.320 e. The molecule has 0 atom stereocenters. The van der Waals surface area contributed by atoms with Crippen LogP contribution in [0.5, 0.6) is 0 Å². The van der Waals surface area contributed by atoms with E-state index in [9.17, 15) is 5.26 Å². The fourth-order valence-corrected chi connectivity index (χ4v) is 10.1. The molecule has 0 radical (unpaired) electrons. The molecule has 7 aromatic rings. The van der Waals surface area contributed by atoms with E-state index in [0.717, 1.165) is 54.3 Å². The average Bonchev–Trinajstić information content (AvgIpc) is 3.70. The van der Waals surface area contributed by atoms with E-state index in [4.69, 9.17) is 6.57 Å². The second-order valence-electron chi connectivity index (χ2n) is 17.3. The van der Waals surface area contributed by atoms with Crippen LogP contribution in [0.1, 0.15) is 66.6 Å². The molecule has 0 spiro atoms. The maximum atomic E-state index is 17.2.